The van der Waals surface area contributed by atoms with Crippen LogP contribution in [-0.4, -0.2) is 29.1 Å². The molecule has 0 saturated carbocycles. The topological polar surface area (TPSA) is 30.5 Å². The monoisotopic (exact) mass is 333 g/mol. The Morgan fingerprint density at radius 1 is 0.667 bits per heavy atom. The van der Waals surface area contributed by atoms with E-state index >= 15 is 0 Å². The molecule has 3 nitrogen and oxygen atoms in total. The second kappa shape index (κ2) is 6.83. The van der Waals surface area contributed by atoms with Crippen LogP contribution in [0, 0.1) is 0 Å². The molecule has 0 aliphatic heterocycles. The molecule has 0 bridgehead atoms. The minimum Gasteiger partial charge on any atom is -0.402 e. The summed E-state index contributed by atoms with van der Waals surface area (Å²) in [5.74, 6) is 0. The van der Waals surface area contributed by atoms with Gasteiger partial charge in [0.1, 0.15) is 0 Å². The summed E-state index contributed by atoms with van der Waals surface area (Å²) in [6, 6.07) is 0. The fraction of sp³-hybridized carbons (Fsp3) is 1.00. The van der Waals surface area contributed by atoms with Crippen LogP contribution in [0.25, 0.3) is 0 Å². The van der Waals surface area contributed by atoms with Crippen molar-refractivity contribution in [2.45, 2.75) is 104 Å². The van der Waals surface area contributed by atoms with Crippen molar-refractivity contribution in [3.05, 3.63) is 0 Å². The predicted octanol–water partition coefficient (Wildman–Crippen LogP) is 5.31. The van der Waals surface area contributed by atoms with Crippen LogP contribution in [0.2, 0.25) is 36.3 Å². The van der Waals surface area contributed by atoms with Gasteiger partial charge in [-0.2, -0.15) is 0 Å². The summed E-state index contributed by atoms with van der Waals surface area (Å²) in [6.07, 6.45) is 0.0383. The number of hydrogen-bond acceptors (Lipinski definition) is 3. The van der Waals surface area contributed by atoms with Crippen molar-refractivity contribution >= 4 is 16.6 Å². The van der Waals surface area contributed by atoms with Crippen LogP contribution in [0.1, 0.15) is 55.4 Å². The van der Waals surface area contributed by atoms with Crippen LogP contribution < -0.4 is 5.32 Å². The van der Waals surface area contributed by atoms with Crippen molar-refractivity contribution in [1.29, 1.82) is 0 Å². The molecular weight excluding hydrogens is 294 g/mol. The Bertz CT molecular complexity index is 298. The third-order valence-electron chi connectivity index (χ3n) is 5.02. The molecule has 2 atom stereocenters. The Balaban J connectivity index is 4.58. The Hall–Kier alpha value is 0.314. The van der Waals surface area contributed by atoms with Gasteiger partial charge < -0.3 is 8.85 Å². The molecule has 0 aromatic carbocycles. The molecule has 0 aromatic heterocycles. The average molecular weight is 334 g/mol. The van der Waals surface area contributed by atoms with E-state index in [1.807, 2.05) is 0 Å². The van der Waals surface area contributed by atoms with Crippen molar-refractivity contribution in [2.75, 3.05) is 0 Å². The summed E-state index contributed by atoms with van der Waals surface area (Å²) in [6.45, 7) is 26.9. The van der Waals surface area contributed by atoms with Crippen LogP contribution in [0.5, 0.6) is 0 Å². The molecule has 0 aromatic rings. The van der Waals surface area contributed by atoms with Crippen molar-refractivity contribution in [1.82, 2.24) is 5.32 Å². The summed E-state index contributed by atoms with van der Waals surface area (Å²) in [5, 5.41) is 3.92. The lowest BCUT2D eigenvalue weighted by atomic mass is 10.2. The van der Waals surface area contributed by atoms with E-state index in [0.717, 1.165) is 0 Å². The highest BCUT2D eigenvalue weighted by Crippen LogP contribution is 2.38. The minimum absolute atomic E-state index is 0.0191. The average Bonchev–Trinajstić information content (AvgIpc) is 2.10. The maximum atomic E-state index is 6.34. The third kappa shape index (κ3) is 6.52. The Morgan fingerprint density at radius 3 is 1.10 bits per heavy atom. The van der Waals surface area contributed by atoms with Crippen LogP contribution in [-0.2, 0) is 8.85 Å². The molecule has 0 rings (SSSR count). The summed E-state index contributed by atoms with van der Waals surface area (Å²) in [7, 11) is -3.47. The van der Waals surface area contributed by atoms with Gasteiger partial charge in [-0.25, -0.2) is 0 Å². The number of rotatable bonds is 6. The van der Waals surface area contributed by atoms with Gasteiger partial charge in [0.25, 0.3) is 0 Å². The molecule has 0 fully saturated rings. The lowest BCUT2D eigenvalue weighted by molar-refractivity contribution is 0.0749. The zero-order valence-corrected chi connectivity index (χ0v) is 18.5. The van der Waals surface area contributed by atoms with Gasteiger partial charge in [-0.3, -0.25) is 5.32 Å². The van der Waals surface area contributed by atoms with Gasteiger partial charge in [0.2, 0.25) is 0 Å². The van der Waals surface area contributed by atoms with Gasteiger partial charge in [0.15, 0.2) is 16.6 Å². The molecule has 0 aliphatic carbocycles. The molecule has 0 radical (unpaired) electrons. The molecule has 0 spiro atoms. The van der Waals surface area contributed by atoms with Gasteiger partial charge in [-0.15, -0.1) is 0 Å². The van der Waals surface area contributed by atoms with E-state index in [1.54, 1.807) is 0 Å². The predicted molar refractivity (Wildman–Crippen MR) is 98.6 cm³/mol. The van der Waals surface area contributed by atoms with Crippen molar-refractivity contribution < 1.29 is 8.85 Å². The first kappa shape index (κ1) is 21.3. The Labute approximate surface area is 135 Å². The van der Waals surface area contributed by atoms with Crippen LogP contribution >= 0.6 is 0 Å². The second-order valence-corrected chi connectivity index (χ2v) is 18.7. The first-order valence-electron chi connectivity index (χ1n) is 8.11. The lowest BCUT2D eigenvalue weighted by Gasteiger charge is -2.41. The molecule has 0 heterocycles. The molecule has 21 heavy (non-hydrogen) atoms. The van der Waals surface area contributed by atoms with E-state index in [0.29, 0.717) is 0 Å². The zero-order chi connectivity index (χ0) is 17.3. The van der Waals surface area contributed by atoms with E-state index in [4.69, 9.17) is 8.85 Å². The van der Waals surface area contributed by atoms with E-state index < -0.39 is 16.6 Å². The van der Waals surface area contributed by atoms with E-state index in [9.17, 15) is 0 Å². The van der Waals surface area contributed by atoms with Gasteiger partial charge in [-0.05, 0) is 50.1 Å². The first-order valence-corrected chi connectivity index (χ1v) is 13.9. The fourth-order valence-corrected chi connectivity index (χ4v) is 4.25. The normalized spacial score (nSPS) is 17.7. The maximum Gasteiger partial charge on any atom is 0.194 e. The second-order valence-electron chi connectivity index (χ2n) is 9.21. The summed E-state index contributed by atoms with van der Waals surface area (Å²) >= 11 is 0. The lowest BCUT2D eigenvalue weighted by Crippen LogP contribution is -2.52. The molecule has 0 saturated heterocycles. The zero-order valence-electron chi connectivity index (χ0n) is 16.5. The van der Waals surface area contributed by atoms with Gasteiger partial charge >= 0.3 is 0 Å². The van der Waals surface area contributed by atoms with E-state index in [2.05, 4.69) is 86.9 Å². The summed E-state index contributed by atoms with van der Waals surface area (Å²) < 4.78 is 12.7. The van der Waals surface area contributed by atoms with E-state index in [-0.39, 0.29) is 22.5 Å². The highest BCUT2D eigenvalue weighted by atomic mass is 28.4. The molecule has 0 aliphatic rings. The number of hydrogen-bond donors (Lipinski definition) is 1. The highest BCUT2D eigenvalue weighted by molar-refractivity contribution is 6.74. The fourth-order valence-electron chi connectivity index (χ4n) is 1.64. The SMILES string of the molecule is CC(NC(C)O[Si](C)(C)C(C)(C)C)O[Si](C)(C)C(C)(C)C. The van der Waals surface area contributed by atoms with E-state index in [1.165, 1.54) is 0 Å². The van der Waals surface area contributed by atoms with Gasteiger partial charge in [0, 0.05) is 0 Å². The number of nitrogens with one attached hydrogen (secondary N) is 1. The summed E-state index contributed by atoms with van der Waals surface area (Å²) in [5.41, 5.74) is 0. The smallest absolute Gasteiger partial charge is 0.194 e. The standard InChI is InChI=1S/C16H39NO2Si2/c1-13(18-20(9,10)15(3,4)5)17-14(2)19-21(11,12)16(6,7)8/h13-14,17H,1-12H3. The quantitative estimate of drug-likeness (QED) is 0.527. The summed E-state index contributed by atoms with van der Waals surface area (Å²) in [4.78, 5) is 0. The van der Waals surface area contributed by atoms with Crippen molar-refractivity contribution in [2.24, 2.45) is 0 Å². The molecule has 128 valence electrons. The van der Waals surface area contributed by atoms with Crippen LogP contribution in [0.4, 0.5) is 0 Å². The minimum atomic E-state index is -1.74. The molecule has 5 heteroatoms. The van der Waals surface area contributed by atoms with Crippen molar-refractivity contribution in [3.8, 4) is 0 Å². The highest BCUT2D eigenvalue weighted by Gasteiger charge is 2.40. The Morgan fingerprint density at radius 2 is 0.905 bits per heavy atom. The maximum absolute atomic E-state index is 6.34. The van der Waals surface area contributed by atoms with Crippen molar-refractivity contribution in [3.63, 3.8) is 0 Å². The van der Waals surface area contributed by atoms with Crippen LogP contribution in [0.3, 0.4) is 0 Å². The molecule has 1 N–H and O–H groups in total. The Kier molecular flexibility index (Phi) is 6.93. The van der Waals surface area contributed by atoms with Gasteiger partial charge in [-0.1, -0.05) is 41.5 Å². The molecule has 2 unspecified atom stereocenters. The first-order chi connectivity index (χ1) is 8.99. The molecular formula is C16H39NO2Si2. The largest absolute Gasteiger partial charge is 0.402 e. The van der Waals surface area contributed by atoms with Gasteiger partial charge in [0.05, 0.1) is 12.5 Å². The third-order valence-corrected chi connectivity index (χ3v) is 14.1. The van der Waals surface area contributed by atoms with Crippen LogP contribution in [0.15, 0.2) is 0 Å². The molecule has 0 amide bonds.